The van der Waals surface area contributed by atoms with Crippen LogP contribution in [0, 0.1) is 5.82 Å². The molecule has 1 aromatic carbocycles. The summed E-state index contributed by atoms with van der Waals surface area (Å²) in [5, 5.41) is 13.6. The van der Waals surface area contributed by atoms with Crippen molar-refractivity contribution in [3.05, 3.63) is 35.4 Å². The monoisotopic (exact) mass is 484 g/mol. The molecule has 15 nitrogen and oxygen atoms in total. The van der Waals surface area contributed by atoms with Gasteiger partial charge in [0.2, 0.25) is 5.96 Å². The molecular weight excluding hydrogens is 464 g/mol. The molecule has 1 aromatic heterocycles. The molecule has 0 spiro atoms. The highest BCUT2D eigenvalue weighted by molar-refractivity contribution is 7.50. The molecule has 1 saturated heterocycles. The zero-order valence-corrected chi connectivity index (χ0v) is 18.1. The summed E-state index contributed by atoms with van der Waals surface area (Å²) >= 11 is 0. The molecule has 1 amide bonds. The number of benzene rings is 1. The minimum absolute atomic E-state index is 0.0584. The van der Waals surface area contributed by atoms with Gasteiger partial charge in [0.1, 0.15) is 29.8 Å². The fourth-order valence-electron chi connectivity index (χ4n) is 3.35. The van der Waals surface area contributed by atoms with Crippen molar-refractivity contribution in [2.75, 3.05) is 25.1 Å². The molecule has 1 unspecified atom stereocenters. The summed E-state index contributed by atoms with van der Waals surface area (Å²) in [4.78, 5) is 46.1. The molecule has 2 aromatic rings. The van der Waals surface area contributed by atoms with Crippen LogP contribution in [0.15, 0.2) is 23.3 Å². The van der Waals surface area contributed by atoms with Crippen molar-refractivity contribution in [2.24, 2.45) is 16.7 Å². The number of guanidine groups is 1. The Kier molecular flexibility index (Phi) is 6.04. The topological polar surface area (TPSA) is 207 Å². The van der Waals surface area contributed by atoms with Crippen molar-refractivity contribution in [3.8, 4) is 5.69 Å². The van der Waals surface area contributed by atoms with Gasteiger partial charge in [-0.05, 0) is 12.1 Å². The lowest BCUT2D eigenvalue weighted by atomic mass is 10.2. The average Bonchev–Trinajstić information content (AvgIpc) is 3.38. The molecule has 0 radical (unpaired) electrons. The fourth-order valence-corrected chi connectivity index (χ4v) is 3.70. The zero-order valence-electron chi connectivity index (χ0n) is 17.2. The normalized spacial score (nSPS) is 18.7. The molecule has 1 atom stereocenters. The van der Waals surface area contributed by atoms with E-state index in [1.807, 2.05) is 0 Å². The number of anilines is 1. The molecule has 17 heteroatoms. The molecule has 3 heterocycles. The highest BCUT2D eigenvalue weighted by atomic mass is 31.2. The number of fused-ring (bicyclic) bond motifs is 1. The van der Waals surface area contributed by atoms with Crippen LogP contribution in [0.25, 0.3) is 5.69 Å². The number of phosphoric acid groups is 1. The first-order chi connectivity index (χ1) is 15.5. The van der Waals surface area contributed by atoms with Gasteiger partial charge in [0.15, 0.2) is 14.0 Å². The summed E-state index contributed by atoms with van der Waals surface area (Å²) < 4.78 is 24.1. The average molecular weight is 484 g/mol. The number of ether oxygens (including phenoxy) is 1. The van der Waals surface area contributed by atoms with Gasteiger partial charge in [-0.2, -0.15) is 10.2 Å². The van der Waals surface area contributed by atoms with Gasteiger partial charge >= 0.3 is 6.09 Å². The molecule has 2 aliphatic rings. The third-order valence-corrected chi connectivity index (χ3v) is 5.26. The van der Waals surface area contributed by atoms with Gasteiger partial charge in [0, 0.05) is 13.1 Å². The maximum absolute atomic E-state index is 14.8. The third-order valence-electron chi connectivity index (χ3n) is 4.79. The number of hydrogen-bond acceptors (Lipinski definition) is 11. The Hall–Kier alpha value is -3.14. The minimum atomic E-state index is -4.95. The van der Waals surface area contributed by atoms with Gasteiger partial charge in [-0.3, -0.25) is 4.90 Å². The van der Waals surface area contributed by atoms with Crippen molar-refractivity contribution in [2.45, 2.75) is 19.2 Å². The van der Waals surface area contributed by atoms with E-state index in [0.29, 0.717) is 24.5 Å². The number of nitrogens with zero attached hydrogens (tertiary/aromatic N) is 7. The van der Waals surface area contributed by atoms with E-state index in [-0.39, 0.29) is 23.9 Å². The van der Waals surface area contributed by atoms with Crippen LogP contribution in [0.1, 0.15) is 11.4 Å². The second kappa shape index (κ2) is 8.66. The maximum atomic E-state index is 14.8. The summed E-state index contributed by atoms with van der Waals surface area (Å²) in [6.45, 7) is -0.00375. The zero-order chi connectivity index (χ0) is 23.9. The number of hydrazine groups is 1. The van der Waals surface area contributed by atoms with Crippen LogP contribution in [-0.2, 0) is 22.4 Å². The van der Waals surface area contributed by atoms with E-state index in [4.69, 9.17) is 21.2 Å². The van der Waals surface area contributed by atoms with Crippen molar-refractivity contribution in [1.29, 1.82) is 0 Å². The number of hydrogen-bond donors (Lipinski definition) is 3. The molecule has 0 aliphatic carbocycles. The molecule has 2 aliphatic heterocycles. The van der Waals surface area contributed by atoms with Crippen molar-refractivity contribution in [3.63, 3.8) is 0 Å². The Morgan fingerprint density at radius 2 is 2.09 bits per heavy atom. The number of hydrazone groups is 1. The molecule has 178 valence electrons. The number of cyclic esters (lactones) is 1. The van der Waals surface area contributed by atoms with Gasteiger partial charge in [-0.1, -0.05) is 0 Å². The van der Waals surface area contributed by atoms with Crippen LogP contribution in [0.5, 0.6) is 0 Å². The van der Waals surface area contributed by atoms with Gasteiger partial charge in [-0.25, -0.2) is 29.6 Å². The van der Waals surface area contributed by atoms with Crippen LogP contribution >= 0.6 is 8.17 Å². The lowest BCUT2D eigenvalue weighted by Crippen LogP contribution is -2.36. The van der Waals surface area contributed by atoms with Gasteiger partial charge in [-0.15, -0.1) is 9.90 Å². The number of phosphoric ester groups is 1. The van der Waals surface area contributed by atoms with Crippen molar-refractivity contribution < 1.29 is 33.1 Å². The lowest BCUT2D eigenvalue weighted by molar-refractivity contribution is -0.362. The third kappa shape index (κ3) is 5.11. The SMILES string of the molecule is CN(N)/N=C(\N)N1Cc2nn(-c3ccc(N4CC(CO[P+]([O-])([O-])O)OC4=O)cc3F)nc2C1. The molecule has 0 saturated carbocycles. The van der Waals surface area contributed by atoms with Crippen molar-refractivity contribution in [1.82, 2.24) is 25.0 Å². The number of carbonyl (C=O) groups excluding carboxylic acids is 1. The highest BCUT2D eigenvalue weighted by Crippen LogP contribution is 2.36. The van der Waals surface area contributed by atoms with E-state index in [1.165, 1.54) is 19.2 Å². The van der Waals surface area contributed by atoms with Crippen LogP contribution in [0.3, 0.4) is 0 Å². The molecular formula is C16H20FN9O6P-. The standard InChI is InChI=1S/C16H21FN9O6P/c1-23(19)22-15(18)24-6-12-13(7-24)21-26(20-12)14-3-2-9(4-11(14)17)25-5-10(32-16(25)27)8-31-33(28,29)30/h2-4,10H,5-8,19H2,1H3,(H2,18,22)(H2,28,29,30)/p-1. The number of aromatic nitrogens is 3. The Morgan fingerprint density at radius 3 is 2.67 bits per heavy atom. The van der Waals surface area contributed by atoms with Crippen LogP contribution in [-0.4, -0.2) is 68.3 Å². The van der Waals surface area contributed by atoms with Crippen LogP contribution < -0.4 is 26.3 Å². The van der Waals surface area contributed by atoms with E-state index < -0.39 is 32.8 Å². The van der Waals surface area contributed by atoms with E-state index in [1.54, 1.807) is 4.90 Å². The van der Waals surface area contributed by atoms with Crippen molar-refractivity contribution >= 4 is 25.9 Å². The first-order valence-electron chi connectivity index (χ1n) is 9.49. The van der Waals surface area contributed by atoms with Gasteiger partial charge in [0.05, 0.1) is 25.3 Å². The van der Waals surface area contributed by atoms with Crippen LogP contribution in [0.4, 0.5) is 14.9 Å². The number of amides is 1. The minimum Gasteiger partial charge on any atom is -0.635 e. The second-order valence-corrected chi connectivity index (χ2v) is 8.48. The first-order valence-corrected chi connectivity index (χ1v) is 11.0. The van der Waals surface area contributed by atoms with Gasteiger partial charge in [0.25, 0.3) is 0 Å². The maximum Gasteiger partial charge on any atom is 0.414 e. The number of nitrogens with two attached hydrogens (primary N) is 2. The first kappa shape index (κ1) is 23.0. The second-order valence-electron chi connectivity index (χ2n) is 7.29. The number of rotatable bonds is 6. The Labute approximate surface area is 186 Å². The Balaban J connectivity index is 1.45. The predicted molar refractivity (Wildman–Crippen MR) is 107 cm³/mol. The largest absolute Gasteiger partial charge is 0.635 e. The Bertz CT molecular complexity index is 1070. The smallest absolute Gasteiger partial charge is 0.414 e. The number of halogens is 1. The lowest BCUT2D eigenvalue weighted by Gasteiger charge is -2.25. The fraction of sp³-hybridized carbons (Fsp3) is 0.375. The van der Waals surface area contributed by atoms with E-state index in [0.717, 1.165) is 20.9 Å². The molecule has 4 rings (SSSR count). The van der Waals surface area contributed by atoms with Gasteiger partial charge < -0.3 is 25.2 Å². The van der Waals surface area contributed by atoms with E-state index in [9.17, 15) is 19.0 Å². The summed E-state index contributed by atoms with van der Waals surface area (Å²) in [7, 11) is -3.42. The molecule has 5 N–H and O–H groups in total. The quantitative estimate of drug-likeness (QED) is 0.128. The van der Waals surface area contributed by atoms with E-state index in [2.05, 4.69) is 19.8 Å². The summed E-state index contributed by atoms with van der Waals surface area (Å²) in [6, 6.07) is 3.97. The summed E-state index contributed by atoms with van der Waals surface area (Å²) in [6.07, 6.45) is -1.77. The number of carbonyl (C=O) groups is 1. The molecule has 1 fully saturated rings. The summed E-state index contributed by atoms with van der Waals surface area (Å²) in [5.74, 6) is 4.95. The van der Waals surface area contributed by atoms with Crippen LogP contribution in [0.2, 0.25) is 0 Å². The molecule has 0 bridgehead atoms. The highest BCUT2D eigenvalue weighted by Gasteiger charge is 2.34. The molecule has 33 heavy (non-hydrogen) atoms. The Morgan fingerprint density at radius 1 is 1.42 bits per heavy atom. The summed E-state index contributed by atoms with van der Waals surface area (Å²) in [5.41, 5.74) is 7.30. The predicted octanol–water partition coefficient (Wildman–Crippen LogP) is -2.51. The van der Waals surface area contributed by atoms with E-state index >= 15 is 0 Å².